The molecule has 6 N–H and O–H groups in total. The fourth-order valence-corrected chi connectivity index (χ4v) is 2.74. The minimum Gasteiger partial charge on any atom is -0.508 e. The van der Waals surface area contributed by atoms with Crippen molar-refractivity contribution in [2.75, 3.05) is 13.1 Å². The van der Waals surface area contributed by atoms with E-state index in [1.165, 1.54) is 12.1 Å². The number of hydrogen-bond acceptors (Lipinski definition) is 6. The molecule has 9 nitrogen and oxygen atoms in total. The molecule has 0 spiro atoms. The summed E-state index contributed by atoms with van der Waals surface area (Å²) >= 11 is 0. The van der Waals surface area contributed by atoms with Crippen LogP contribution in [0.5, 0.6) is 5.75 Å². The molecule has 2 aromatic carbocycles. The lowest BCUT2D eigenvalue weighted by molar-refractivity contribution is -0.128. The van der Waals surface area contributed by atoms with Crippen LogP contribution in [0, 0.1) is 0 Å². The number of aromatic hydroxyl groups is 1. The van der Waals surface area contributed by atoms with Gasteiger partial charge in [0, 0.05) is 6.42 Å². The van der Waals surface area contributed by atoms with Crippen molar-refractivity contribution < 1.29 is 24.3 Å². The van der Waals surface area contributed by atoms with E-state index in [4.69, 9.17) is 5.73 Å². The zero-order valence-corrected chi connectivity index (χ0v) is 16.8. The van der Waals surface area contributed by atoms with E-state index in [0.29, 0.717) is 6.42 Å². The molecule has 0 bridgehead atoms. The summed E-state index contributed by atoms with van der Waals surface area (Å²) < 4.78 is 0. The first-order valence-corrected chi connectivity index (χ1v) is 9.66. The van der Waals surface area contributed by atoms with E-state index in [1.54, 1.807) is 18.4 Å². The SMILES string of the molecule is NC(Cc1ccc(O)cc1)C(=O)NCC(=O)NCC(=O)NC([C]=O)Cc1ccccc1. The Kier molecular flexibility index (Phi) is 9.18. The maximum atomic E-state index is 12.0. The predicted molar refractivity (Wildman–Crippen MR) is 114 cm³/mol. The molecule has 163 valence electrons. The van der Waals surface area contributed by atoms with Gasteiger partial charge in [0.25, 0.3) is 0 Å². The third kappa shape index (κ3) is 8.67. The van der Waals surface area contributed by atoms with Crippen molar-refractivity contribution in [2.24, 2.45) is 5.73 Å². The molecule has 0 saturated heterocycles. The Balaban J connectivity index is 1.68. The van der Waals surface area contributed by atoms with Gasteiger partial charge >= 0.3 is 0 Å². The van der Waals surface area contributed by atoms with Crippen LogP contribution in [0.2, 0.25) is 0 Å². The van der Waals surface area contributed by atoms with Gasteiger partial charge in [-0.05, 0) is 29.7 Å². The highest BCUT2D eigenvalue weighted by atomic mass is 16.3. The van der Waals surface area contributed by atoms with Crippen LogP contribution in [0.1, 0.15) is 11.1 Å². The summed E-state index contributed by atoms with van der Waals surface area (Å²) in [5.41, 5.74) is 7.45. The van der Waals surface area contributed by atoms with Gasteiger partial charge in [0.05, 0.1) is 25.2 Å². The Morgan fingerprint density at radius 3 is 2.13 bits per heavy atom. The minimum absolute atomic E-state index is 0.111. The van der Waals surface area contributed by atoms with Gasteiger partial charge in [-0.1, -0.05) is 42.5 Å². The van der Waals surface area contributed by atoms with Crippen LogP contribution in [0.4, 0.5) is 0 Å². The Bertz CT molecular complexity index is 887. The second-order valence-corrected chi connectivity index (χ2v) is 6.90. The molecule has 3 amide bonds. The molecule has 2 unspecified atom stereocenters. The molecule has 2 rings (SSSR count). The van der Waals surface area contributed by atoms with Crippen LogP contribution in [-0.4, -0.2) is 54.3 Å². The molecule has 0 fully saturated rings. The zero-order chi connectivity index (χ0) is 22.6. The first-order valence-electron chi connectivity index (χ1n) is 9.66. The largest absolute Gasteiger partial charge is 0.508 e. The van der Waals surface area contributed by atoms with Crippen molar-refractivity contribution in [3.05, 3.63) is 65.7 Å². The third-order valence-corrected chi connectivity index (χ3v) is 4.36. The average molecular weight is 425 g/mol. The van der Waals surface area contributed by atoms with E-state index in [2.05, 4.69) is 16.0 Å². The summed E-state index contributed by atoms with van der Waals surface area (Å²) in [5.74, 6) is -1.53. The summed E-state index contributed by atoms with van der Waals surface area (Å²) in [6, 6.07) is 13.7. The maximum absolute atomic E-state index is 12.0. The van der Waals surface area contributed by atoms with Crippen LogP contribution in [0.15, 0.2) is 54.6 Å². The smallest absolute Gasteiger partial charge is 0.240 e. The number of rotatable bonds is 11. The van der Waals surface area contributed by atoms with Gasteiger partial charge in [-0.25, -0.2) is 0 Å². The van der Waals surface area contributed by atoms with Gasteiger partial charge < -0.3 is 26.8 Å². The van der Waals surface area contributed by atoms with Crippen molar-refractivity contribution in [3.63, 3.8) is 0 Å². The second-order valence-electron chi connectivity index (χ2n) is 6.90. The molecule has 0 aliphatic carbocycles. The maximum Gasteiger partial charge on any atom is 0.240 e. The fraction of sp³-hybridized carbons (Fsp3) is 0.273. The molecular formula is C22H25N4O5. The van der Waals surface area contributed by atoms with Gasteiger partial charge in [-0.3, -0.25) is 19.2 Å². The Hall–Kier alpha value is -3.72. The van der Waals surface area contributed by atoms with Crippen LogP contribution in [0.3, 0.4) is 0 Å². The number of benzene rings is 2. The Morgan fingerprint density at radius 2 is 1.48 bits per heavy atom. The topological polar surface area (TPSA) is 151 Å². The van der Waals surface area contributed by atoms with E-state index in [0.717, 1.165) is 11.1 Å². The molecule has 0 aliphatic heterocycles. The monoisotopic (exact) mass is 425 g/mol. The van der Waals surface area contributed by atoms with Crippen LogP contribution in [-0.2, 0) is 32.0 Å². The molecule has 0 saturated carbocycles. The summed E-state index contributed by atoms with van der Waals surface area (Å²) in [6.45, 7) is -0.691. The molecule has 0 aliphatic rings. The third-order valence-electron chi connectivity index (χ3n) is 4.36. The highest BCUT2D eigenvalue weighted by Gasteiger charge is 2.16. The van der Waals surface area contributed by atoms with Crippen molar-refractivity contribution >= 4 is 24.0 Å². The first kappa shape index (κ1) is 23.6. The summed E-state index contributed by atoms with van der Waals surface area (Å²) in [6.07, 6.45) is 2.29. The van der Waals surface area contributed by atoms with Crippen LogP contribution < -0.4 is 21.7 Å². The highest BCUT2D eigenvalue weighted by molar-refractivity contribution is 5.90. The second kappa shape index (κ2) is 12.1. The number of hydrogen-bond donors (Lipinski definition) is 5. The molecule has 1 radical (unpaired) electrons. The van der Waals surface area contributed by atoms with Crippen LogP contribution in [0.25, 0.3) is 0 Å². The number of amides is 3. The van der Waals surface area contributed by atoms with Gasteiger partial charge in [0.1, 0.15) is 5.75 Å². The summed E-state index contributed by atoms with van der Waals surface area (Å²) in [4.78, 5) is 46.9. The van der Waals surface area contributed by atoms with Gasteiger partial charge in [0.15, 0.2) is 0 Å². The zero-order valence-electron chi connectivity index (χ0n) is 16.8. The Labute approximate surface area is 180 Å². The van der Waals surface area contributed by atoms with Crippen molar-refractivity contribution in [1.82, 2.24) is 16.0 Å². The van der Waals surface area contributed by atoms with Crippen LogP contribution >= 0.6 is 0 Å². The molecular weight excluding hydrogens is 400 g/mol. The highest BCUT2D eigenvalue weighted by Crippen LogP contribution is 2.10. The number of carbonyl (C=O) groups is 3. The molecule has 9 heteroatoms. The van der Waals surface area contributed by atoms with Gasteiger partial charge in [0.2, 0.25) is 24.0 Å². The lowest BCUT2D eigenvalue weighted by atomic mass is 10.1. The predicted octanol–water partition coefficient (Wildman–Crippen LogP) is -0.668. The minimum atomic E-state index is -0.873. The van der Waals surface area contributed by atoms with E-state index < -0.39 is 29.8 Å². The lowest BCUT2D eigenvalue weighted by Gasteiger charge is -2.14. The van der Waals surface area contributed by atoms with E-state index in [1.807, 2.05) is 30.3 Å². The Morgan fingerprint density at radius 1 is 0.871 bits per heavy atom. The molecule has 2 atom stereocenters. The van der Waals surface area contributed by atoms with Crippen molar-refractivity contribution in [3.8, 4) is 5.75 Å². The summed E-state index contributed by atoms with van der Waals surface area (Å²) in [7, 11) is 0. The molecule has 0 heterocycles. The number of phenolic OH excluding ortho intramolecular Hbond substituents is 1. The van der Waals surface area contributed by atoms with E-state index in [9.17, 15) is 24.3 Å². The molecule has 2 aromatic rings. The number of phenols is 1. The average Bonchev–Trinajstić information content (AvgIpc) is 2.77. The van der Waals surface area contributed by atoms with Crippen molar-refractivity contribution in [2.45, 2.75) is 24.9 Å². The van der Waals surface area contributed by atoms with Gasteiger partial charge in [-0.2, -0.15) is 0 Å². The first-order chi connectivity index (χ1) is 14.9. The summed E-state index contributed by atoms with van der Waals surface area (Å²) in [5, 5.41) is 16.5. The van der Waals surface area contributed by atoms with Crippen molar-refractivity contribution in [1.29, 1.82) is 0 Å². The van der Waals surface area contributed by atoms with Gasteiger partial charge in [-0.15, -0.1) is 0 Å². The van der Waals surface area contributed by atoms with E-state index >= 15 is 0 Å². The molecule has 0 aromatic heterocycles. The standard InChI is InChI=1S/C22H25N4O5/c23-19(11-16-6-8-18(28)9-7-16)22(31)25-12-20(29)24-13-21(30)26-17(14-27)10-15-4-2-1-3-5-15/h1-9,17,19,28H,10-13,23H2,(H,24,29)(H,25,31)(H,26,30). The normalized spacial score (nSPS) is 12.3. The fourth-order valence-electron chi connectivity index (χ4n) is 2.74. The number of carbonyl (C=O) groups excluding carboxylic acids is 4. The number of nitrogens with two attached hydrogens (primary N) is 1. The molecule has 31 heavy (non-hydrogen) atoms. The number of nitrogens with one attached hydrogen (secondary N) is 3. The quantitative estimate of drug-likeness (QED) is 0.322. The lowest BCUT2D eigenvalue weighted by Crippen LogP contribution is -2.48. The van der Waals surface area contributed by atoms with E-state index in [-0.39, 0.29) is 25.3 Å².